The van der Waals surface area contributed by atoms with Gasteiger partial charge in [-0.2, -0.15) is 5.26 Å². The van der Waals surface area contributed by atoms with Gasteiger partial charge in [0, 0.05) is 30.7 Å². The fourth-order valence-corrected chi connectivity index (χ4v) is 2.56. The summed E-state index contributed by atoms with van der Waals surface area (Å²) in [6.45, 7) is 2.40. The van der Waals surface area contributed by atoms with Crippen LogP contribution in [0.4, 0.5) is 0 Å². The third-order valence-corrected chi connectivity index (χ3v) is 4.14. The van der Waals surface area contributed by atoms with E-state index in [1.807, 2.05) is 37.3 Å². The third kappa shape index (κ3) is 5.23. The lowest BCUT2D eigenvalue weighted by Gasteiger charge is -2.15. The van der Waals surface area contributed by atoms with E-state index in [0.29, 0.717) is 18.7 Å². The topological polar surface area (TPSA) is 61.2 Å². The molecule has 1 amide bonds. The number of benzene rings is 1. The summed E-state index contributed by atoms with van der Waals surface area (Å²) in [5.74, 6) is 0.245. The van der Waals surface area contributed by atoms with Crippen LogP contribution in [0.25, 0.3) is 0 Å². The highest BCUT2D eigenvalue weighted by Gasteiger charge is 2.11. The van der Waals surface area contributed by atoms with Crippen molar-refractivity contribution in [1.82, 2.24) is 4.90 Å². The molecule has 0 heterocycles. The smallest absolute Gasteiger partial charge is 0.223 e. The Hall–Kier alpha value is -1.67. The van der Waals surface area contributed by atoms with E-state index in [2.05, 4.69) is 0 Å². The van der Waals surface area contributed by atoms with Gasteiger partial charge in [0.1, 0.15) is 0 Å². The first-order valence-electron chi connectivity index (χ1n) is 6.10. The van der Waals surface area contributed by atoms with Crippen LogP contribution in [0.1, 0.15) is 18.4 Å². The molecule has 0 radical (unpaired) electrons. The van der Waals surface area contributed by atoms with Crippen molar-refractivity contribution in [2.45, 2.75) is 24.7 Å². The first-order valence-corrected chi connectivity index (χ1v) is 7.42. The molecule has 1 aromatic carbocycles. The van der Waals surface area contributed by atoms with Gasteiger partial charge < -0.3 is 4.90 Å². The van der Waals surface area contributed by atoms with E-state index in [0.717, 1.165) is 10.5 Å². The quantitative estimate of drug-likeness (QED) is 0.798. The van der Waals surface area contributed by atoms with Gasteiger partial charge in [-0.25, -0.2) is 0 Å². The maximum absolute atomic E-state index is 12.0. The molecule has 0 aliphatic rings. The molecule has 1 atom stereocenters. The summed E-state index contributed by atoms with van der Waals surface area (Å²) in [6, 6.07) is 9.47. The number of nitrogens with zero attached hydrogens (tertiary/aromatic N) is 2. The molecule has 0 bridgehead atoms. The van der Waals surface area contributed by atoms with Gasteiger partial charge in [0.25, 0.3) is 0 Å². The second-order valence-corrected chi connectivity index (χ2v) is 5.91. The summed E-state index contributed by atoms with van der Waals surface area (Å²) in [4.78, 5) is 14.0. The second-order valence-electron chi connectivity index (χ2n) is 4.34. The van der Waals surface area contributed by atoms with Crippen molar-refractivity contribution in [2.24, 2.45) is 0 Å². The van der Waals surface area contributed by atoms with Gasteiger partial charge in [0.05, 0.1) is 23.3 Å². The molecule has 0 aromatic heterocycles. The van der Waals surface area contributed by atoms with Gasteiger partial charge in [-0.1, -0.05) is 17.7 Å². The second kappa shape index (κ2) is 7.70. The van der Waals surface area contributed by atoms with E-state index in [-0.39, 0.29) is 12.3 Å². The Kier molecular flexibility index (Phi) is 6.23. The van der Waals surface area contributed by atoms with Crippen LogP contribution >= 0.6 is 0 Å². The molecule has 0 aliphatic carbocycles. The highest BCUT2D eigenvalue weighted by atomic mass is 32.2. The maximum atomic E-state index is 12.0. The van der Waals surface area contributed by atoms with Crippen molar-refractivity contribution in [2.75, 3.05) is 19.3 Å². The molecular weight excluding hydrogens is 260 g/mol. The zero-order chi connectivity index (χ0) is 14.3. The molecule has 0 aliphatic heterocycles. The summed E-state index contributed by atoms with van der Waals surface area (Å²) in [5.41, 5.74) is 1.12. The standard InChI is InChI=1S/C14H18N2O2S/c1-12-4-6-13(7-5-12)19(18)11-8-14(17)16(2)10-3-9-15/h4-7H,3,8,10-11H2,1-2H3. The number of rotatable bonds is 6. The van der Waals surface area contributed by atoms with Gasteiger partial charge in [0.2, 0.25) is 5.91 Å². The lowest BCUT2D eigenvalue weighted by Crippen LogP contribution is -2.28. The van der Waals surface area contributed by atoms with Crippen LogP contribution in [0, 0.1) is 18.3 Å². The fraction of sp³-hybridized carbons (Fsp3) is 0.429. The molecule has 0 fully saturated rings. The highest BCUT2D eigenvalue weighted by Crippen LogP contribution is 2.09. The Balaban J connectivity index is 2.44. The average Bonchev–Trinajstić information content (AvgIpc) is 2.42. The number of aryl methyl sites for hydroxylation is 1. The Bertz CT molecular complexity index is 491. The Morgan fingerprint density at radius 3 is 2.58 bits per heavy atom. The minimum atomic E-state index is -1.15. The van der Waals surface area contributed by atoms with Crippen molar-refractivity contribution in [3.05, 3.63) is 29.8 Å². The summed E-state index contributed by atoms with van der Waals surface area (Å²) in [5, 5.41) is 8.45. The minimum Gasteiger partial charge on any atom is -0.345 e. The molecule has 1 rings (SSSR count). The average molecular weight is 278 g/mol. The molecule has 102 valence electrons. The Morgan fingerprint density at radius 1 is 1.37 bits per heavy atom. The zero-order valence-electron chi connectivity index (χ0n) is 11.3. The van der Waals surface area contributed by atoms with Crippen molar-refractivity contribution < 1.29 is 9.00 Å². The summed E-state index contributed by atoms with van der Waals surface area (Å²) >= 11 is 0. The largest absolute Gasteiger partial charge is 0.345 e. The van der Waals surface area contributed by atoms with E-state index in [9.17, 15) is 9.00 Å². The van der Waals surface area contributed by atoms with Crippen LogP contribution in [0.5, 0.6) is 0 Å². The van der Waals surface area contributed by atoms with E-state index < -0.39 is 10.8 Å². The molecule has 4 nitrogen and oxygen atoms in total. The van der Waals surface area contributed by atoms with Crippen molar-refractivity contribution in [1.29, 1.82) is 5.26 Å². The molecular formula is C14H18N2O2S. The number of hydrogen-bond acceptors (Lipinski definition) is 3. The first-order chi connectivity index (χ1) is 9.04. The van der Waals surface area contributed by atoms with E-state index in [1.165, 1.54) is 4.90 Å². The normalized spacial score (nSPS) is 11.6. The van der Waals surface area contributed by atoms with Gasteiger partial charge in [0.15, 0.2) is 0 Å². The zero-order valence-corrected chi connectivity index (χ0v) is 12.1. The van der Waals surface area contributed by atoms with Crippen molar-refractivity contribution >= 4 is 16.7 Å². The van der Waals surface area contributed by atoms with Gasteiger partial charge >= 0.3 is 0 Å². The predicted molar refractivity (Wildman–Crippen MR) is 74.9 cm³/mol. The molecule has 0 N–H and O–H groups in total. The molecule has 5 heteroatoms. The lowest BCUT2D eigenvalue weighted by molar-refractivity contribution is -0.129. The van der Waals surface area contributed by atoms with Crippen molar-refractivity contribution in [3.63, 3.8) is 0 Å². The predicted octanol–water partition coefficient (Wildman–Crippen LogP) is 1.86. The lowest BCUT2D eigenvalue weighted by atomic mass is 10.2. The summed E-state index contributed by atoms with van der Waals surface area (Å²) < 4.78 is 12.0. The molecule has 0 saturated heterocycles. The van der Waals surface area contributed by atoms with Gasteiger partial charge in [-0.05, 0) is 19.1 Å². The fourth-order valence-electron chi connectivity index (χ4n) is 1.52. The maximum Gasteiger partial charge on any atom is 0.223 e. The van der Waals surface area contributed by atoms with E-state index in [4.69, 9.17) is 5.26 Å². The van der Waals surface area contributed by atoms with E-state index in [1.54, 1.807) is 7.05 Å². The minimum absolute atomic E-state index is 0.0734. The third-order valence-electron chi connectivity index (χ3n) is 2.77. The summed E-state index contributed by atoms with van der Waals surface area (Å²) in [7, 11) is 0.514. The SMILES string of the molecule is Cc1ccc(S(=O)CCC(=O)N(C)CCC#N)cc1. The van der Waals surface area contributed by atoms with Crippen LogP contribution in [-0.4, -0.2) is 34.4 Å². The molecule has 1 unspecified atom stereocenters. The molecule has 0 spiro atoms. The van der Waals surface area contributed by atoms with Gasteiger partial charge in [-0.15, -0.1) is 0 Å². The van der Waals surface area contributed by atoms with Gasteiger partial charge in [-0.3, -0.25) is 9.00 Å². The Morgan fingerprint density at radius 2 is 2.00 bits per heavy atom. The van der Waals surface area contributed by atoms with Crippen LogP contribution in [0.15, 0.2) is 29.2 Å². The number of hydrogen-bond donors (Lipinski definition) is 0. The molecule has 19 heavy (non-hydrogen) atoms. The number of carbonyl (C=O) groups excluding carboxylic acids is 1. The Labute approximate surface area is 116 Å². The highest BCUT2D eigenvalue weighted by molar-refractivity contribution is 7.85. The van der Waals surface area contributed by atoms with Crippen LogP contribution in [0.2, 0.25) is 0 Å². The van der Waals surface area contributed by atoms with Crippen LogP contribution in [-0.2, 0) is 15.6 Å². The monoisotopic (exact) mass is 278 g/mol. The van der Waals surface area contributed by atoms with Crippen LogP contribution < -0.4 is 0 Å². The molecule has 0 saturated carbocycles. The van der Waals surface area contributed by atoms with E-state index >= 15 is 0 Å². The number of carbonyl (C=O) groups is 1. The number of amides is 1. The first kappa shape index (κ1) is 15.4. The van der Waals surface area contributed by atoms with Crippen molar-refractivity contribution in [3.8, 4) is 6.07 Å². The van der Waals surface area contributed by atoms with Crippen LogP contribution in [0.3, 0.4) is 0 Å². The summed E-state index contributed by atoms with van der Waals surface area (Å²) in [6.07, 6.45) is 0.561. The number of nitriles is 1. The molecule has 1 aromatic rings.